The normalized spacial score (nSPS) is 14.3. The Balaban J connectivity index is 1.67. The first-order chi connectivity index (χ1) is 11.1. The van der Waals surface area contributed by atoms with Gasteiger partial charge < -0.3 is 10.4 Å². The Morgan fingerprint density at radius 2 is 2.04 bits per heavy atom. The number of carboxylic acid groups (broad SMARTS) is 1. The van der Waals surface area contributed by atoms with Crippen LogP contribution in [0.1, 0.15) is 23.2 Å². The zero-order valence-corrected chi connectivity index (χ0v) is 13.4. The van der Waals surface area contributed by atoms with Gasteiger partial charge in [0.15, 0.2) is 0 Å². The number of aryl methyl sites for hydroxylation is 1. The second-order valence-corrected chi connectivity index (χ2v) is 6.18. The summed E-state index contributed by atoms with van der Waals surface area (Å²) in [5.74, 6) is -0.573. The van der Waals surface area contributed by atoms with E-state index in [1.165, 1.54) is 0 Å². The van der Waals surface area contributed by atoms with Crippen molar-refractivity contribution in [2.75, 3.05) is 11.9 Å². The molecule has 2 aromatic rings. The van der Waals surface area contributed by atoms with Crippen molar-refractivity contribution in [1.82, 2.24) is 9.97 Å². The van der Waals surface area contributed by atoms with Crippen molar-refractivity contribution in [3.05, 3.63) is 52.4 Å². The highest BCUT2D eigenvalue weighted by atomic mass is 35.5. The molecule has 0 aliphatic heterocycles. The zero-order valence-electron chi connectivity index (χ0n) is 12.6. The van der Waals surface area contributed by atoms with Crippen LogP contribution in [-0.2, 0) is 24.1 Å². The van der Waals surface area contributed by atoms with Gasteiger partial charge in [-0.2, -0.15) is 0 Å². The van der Waals surface area contributed by atoms with Gasteiger partial charge in [0.1, 0.15) is 12.1 Å². The van der Waals surface area contributed by atoms with Crippen molar-refractivity contribution in [2.24, 2.45) is 5.92 Å². The fourth-order valence-electron chi connectivity index (χ4n) is 2.88. The van der Waals surface area contributed by atoms with Gasteiger partial charge >= 0.3 is 5.97 Å². The van der Waals surface area contributed by atoms with Crippen molar-refractivity contribution in [3.63, 3.8) is 0 Å². The van der Waals surface area contributed by atoms with Crippen LogP contribution in [0.25, 0.3) is 0 Å². The Hall–Kier alpha value is -2.14. The molecule has 5 nitrogen and oxygen atoms in total. The summed E-state index contributed by atoms with van der Waals surface area (Å²) >= 11 is 5.86. The molecule has 0 radical (unpaired) electrons. The van der Waals surface area contributed by atoms with Gasteiger partial charge in [0.25, 0.3) is 0 Å². The molecule has 1 aliphatic carbocycles. The molecule has 0 spiro atoms. The first kappa shape index (κ1) is 15.7. The summed E-state index contributed by atoms with van der Waals surface area (Å²) in [6.45, 7) is 0.335. The molecule has 1 aromatic carbocycles. The Bertz CT molecular complexity index is 703. The standard InChI is InChI=1S/C17H18ClN3O2/c18-13-6-4-11(5-7-13)8-12(17(22)23)9-19-16-14-2-1-3-15(14)20-10-21-16/h4-7,10,12H,1-3,8-9H2,(H,22,23)(H,19,20,21). The minimum absolute atomic E-state index is 0.335. The van der Waals surface area contributed by atoms with Gasteiger partial charge in [-0.3, -0.25) is 4.79 Å². The number of hydrogen-bond donors (Lipinski definition) is 2. The van der Waals surface area contributed by atoms with Gasteiger partial charge in [-0.15, -0.1) is 0 Å². The lowest BCUT2D eigenvalue weighted by Crippen LogP contribution is -2.25. The number of benzene rings is 1. The highest BCUT2D eigenvalue weighted by Crippen LogP contribution is 2.25. The van der Waals surface area contributed by atoms with E-state index >= 15 is 0 Å². The summed E-state index contributed by atoms with van der Waals surface area (Å²) in [4.78, 5) is 20.1. The molecule has 0 bridgehead atoms. The lowest BCUT2D eigenvalue weighted by Gasteiger charge is -2.15. The molecule has 1 unspecified atom stereocenters. The van der Waals surface area contributed by atoms with Crippen LogP contribution in [0.3, 0.4) is 0 Å². The van der Waals surface area contributed by atoms with E-state index in [-0.39, 0.29) is 0 Å². The topological polar surface area (TPSA) is 75.1 Å². The molecule has 120 valence electrons. The maximum absolute atomic E-state index is 11.5. The van der Waals surface area contributed by atoms with E-state index in [0.717, 1.165) is 41.9 Å². The van der Waals surface area contributed by atoms with Crippen LogP contribution in [0.2, 0.25) is 5.02 Å². The predicted octanol–water partition coefficient (Wildman–Crippen LogP) is 2.97. The highest BCUT2D eigenvalue weighted by molar-refractivity contribution is 6.30. The number of fused-ring (bicyclic) bond motifs is 1. The van der Waals surface area contributed by atoms with E-state index in [2.05, 4.69) is 15.3 Å². The van der Waals surface area contributed by atoms with Gasteiger partial charge in [-0.1, -0.05) is 23.7 Å². The van der Waals surface area contributed by atoms with E-state index in [4.69, 9.17) is 11.6 Å². The van der Waals surface area contributed by atoms with Crippen LogP contribution in [0.5, 0.6) is 0 Å². The second kappa shape index (κ2) is 6.96. The summed E-state index contributed by atoms with van der Waals surface area (Å²) < 4.78 is 0. The van der Waals surface area contributed by atoms with Crippen LogP contribution in [0.4, 0.5) is 5.82 Å². The van der Waals surface area contributed by atoms with Gasteiger partial charge in [0.2, 0.25) is 0 Å². The summed E-state index contributed by atoms with van der Waals surface area (Å²) in [5, 5.41) is 13.3. The Labute approximate surface area is 139 Å². The number of carboxylic acids is 1. The lowest BCUT2D eigenvalue weighted by atomic mass is 9.99. The number of nitrogens with zero attached hydrogens (tertiary/aromatic N) is 2. The fourth-order valence-corrected chi connectivity index (χ4v) is 3.01. The molecule has 0 saturated carbocycles. The number of nitrogens with one attached hydrogen (secondary N) is 1. The number of aromatic nitrogens is 2. The molecule has 3 rings (SSSR count). The molecule has 0 fully saturated rings. The van der Waals surface area contributed by atoms with Gasteiger partial charge in [-0.25, -0.2) is 9.97 Å². The van der Waals surface area contributed by atoms with Crippen molar-refractivity contribution in [1.29, 1.82) is 0 Å². The molecular formula is C17H18ClN3O2. The quantitative estimate of drug-likeness (QED) is 0.851. The molecule has 0 saturated heterocycles. The number of carbonyl (C=O) groups is 1. The maximum Gasteiger partial charge on any atom is 0.308 e. The van der Waals surface area contributed by atoms with Gasteiger partial charge in [0, 0.05) is 22.8 Å². The van der Waals surface area contributed by atoms with Crippen molar-refractivity contribution in [2.45, 2.75) is 25.7 Å². The highest BCUT2D eigenvalue weighted by Gasteiger charge is 2.21. The number of halogens is 1. The Morgan fingerprint density at radius 3 is 2.78 bits per heavy atom. The van der Waals surface area contributed by atoms with Crippen LogP contribution in [-0.4, -0.2) is 27.6 Å². The third kappa shape index (κ3) is 3.79. The number of hydrogen-bond acceptors (Lipinski definition) is 4. The van der Waals surface area contributed by atoms with E-state index < -0.39 is 11.9 Å². The lowest BCUT2D eigenvalue weighted by molar-refractivity contribution is -0.141. The average molecular weight is 332 g/mol. The van der Waals surface area contributed by atoms with E-state index in [1.807, 2.05) is 12.1 Å². The average Bonchev–Trinajstić information content (AvgIpc) is 3.02. The summed E-state index contributed by atoms with van der Waals surface area (Å²) in [5.41, 5.74) is 3.16. The van der Waals surface area contributed by atoms with Crippen LogP contribution < -0.4 is 5.32 Å². The van der Waals surface area contributed by atoms with E-state index in [0.29, 0.717) is 18.0 Å². The van der Waals surface area contributed by atoms with E-state index in [1.54, 1.807) is 18.5 Å². The first-order valence-corrected chi connectivity index (χ1v) is 8.05. The zero-order chi connectivity index (χ0) is 16.2. The van der Waals surface area contributed by atoms with Crippen molar-refractivity contribution in [3.8, 4) is 0 Å². The number of anilines is 1. The first-order valence-electron chi connectivity index (χ1n) is 7.67. The second-order valence-electron chi connectivity index (χ2n) is 5.75. The molecule has 1 heterocycles. The molecule has 2 N–H and O–H groups in total. The van der Waals surface area contributed by atoms with Crippen molar-refractivity contribution >= 4 is 23.4 Å². The number of aliphatic carboxylic acids is 1. The van der Waals surface area contributed by atoms with Gasteiger partial charge in [-0.05, 0) is 43.4 Å². The van der Waals surface area contributed by atoms with Crippen LogP contribution in [0.15, 0.2) is 30.6 Å². The molecule has 1 aromatic heterocycles. The summed E-state index contributed by atoms with van der Waals surface area (Å²) in [6, 6.07) is 7.28. The monoisotopic (exact) mass is 331 g/mol. The Kier molecular flexibility index (Phi) is 4.76. The fraction of sp³-hybridized carbons (Fsp3) is 0.353. The van der Waals surface area contributed by atoms with E-state index in [9.17, 15) is 9.90 Å². The molecule has 1 aliphatic rings. The Morgan fingerprint density at radius 1 is 1.26 bits per heavy atom. The van der Waals surface area contributed by atoms with Crippen LogP contribution >= 0.6 is 11.6 Å². The largest absolute Gasteiger partial charge is 0.481 e. The summed E-state index contributed by atoms with van der Waals surface area (Å²) in [6.07, 6.45) is 5.00. The predicted molar refractivity (Wildman–Crippen MR) is 88.8 cm³/mol. The third-order valence-electron chi connectivity index (χ3n) is 4.14. The SMILES string of the molecule is O=C(O)C(CNc1ncnc2c1CCC2)Cc1ccc(Cl)cc1. The number of rotatable bonds is 6. The minimum Gasteiger partial charge on any atom is -0.481 e. The molecule has 23 heavy (non-hydrogen) atoms. The molecule has 1 atom stereocenters. The summed E-state index contributed by atoms with van der Waals surface area (Å²) in [7, 11) is 0. The van der Waals surface area contributed by atoms with Crippen LogP contribution in [0, 0.1) is 5.92 Å². The van der Waals surface area contributed by atoms with Gasteiger partial charge in [0.05, 0.1) is 5.92 Å². The minimum atomic E-state index is -0.821. The maximum atomic E-state index is 11.5. The molecule has 6 heteroatoms. The smallest absolute Gasteiger partial charge is 0.308 e. The van der Waals surface area contributed by atoms with Crippen molar-refractivity contribution < 1.29 is 9.90 Å². The molecule has 0 amide bonds. The third-order valence-corrected chi connectivity index (χ3v) is 4.39. The molecular weight excluding hydrogens is 314 g/mol.